The first kappa shape index (κ1) is 24.1. The number of aromatic nitrogens is 1. The second kappa shape index (κ2) is 10.0. The van der Waals surface area contributed by atoms with Gasteiger partial charge < -0.3 is 19.7 Å². The summed E-state index contributed by atoms with van der Waals surface area (Å²) in [4.78, 5) is 30.5. The van der Waals surface area contributed by atoms with Crippen LogP contribution < -0.4 is 19.7 Å². The number of anilines is 2. The number of nitrogens with one attached hydrogen (secondary N) is 1. The second-order valence-corrected chi connectivity index (χ2v) is 7.95. The maximum atomic E-state index is 13.0. The molecule has 2 aromatic carbocycles. The van der Waals surface area contributed by atoms with Crippen LogP contribution in [0.25, 0.3) is 0 Å². The van der Waals surface area contributed by atoms with E-state index in [2.05, 4.69) is 10.3 Å². The van der Waals surface area contributed by atoms with E-state index in [1.807, 2.05) is 12.1 Å². The topological polar surface area (TPSA) is 80.8 Å². The predicted octanol–water partition coefficient (Wildman–Crippen LogP) is 4.68. The molecule has 1 atom stereocenters. The number of alkyl halides is 3. The third-order valence-electron chi connectivity index (χ3n) is 5.56. The molecule has 7 nitrogen and oxygen atoms in total. The molecule has 0 spiro atoms. The Morgan fingerprint density at radius 1 is 1.11 bits per heavy atom. The van der Waals surface area contributed by atoms with Gasteiger partial charge in [-0.2, -0.15) is 13.2 Å². The molecule has 1 aliphatic heterocycles. The molecule has 1 aliphatic rings. The molecular formula is C25H22F3N3O4. The Bertz CT molecular complexity index is 1220. The van der Waals surface area contributed by atoms with Crippen molar-refractivity contribution >= 4 is 23.2 Å². The van der Waals surface area contributed by atoms with Crippen LogP contribution in [0.15, 0.2) is 67.0 Å². The van der Waals surface area contributed by atoms with Gasteiger partial charge in [-0.1, -0.05) is 6.07 Å². The highest BCUT2D eigenvalue weighted by Crippen LogP contribution is 2.34. The first-order valence-electron chi connectivity index (χ1n) is 10.7. The highest BCUT2D eigenvalue weighted by Gasteiger charge is 2.37. The molecule has 1 N–H and O–H groups in total. The van der Waals surface area contributed by atoms with Gasteiger partial charge >= 0.3 is 6.18 Å². The van der Waals surface area contributed by atoms with Crippen molar-refractivity contribution in [2.24, 2.45) is 5.92 Å². The molecule has 1 aromatic heterocycles. The molecule has 10 heteroatoms. The van der Waals surface area contributed by atoms with Gasteiger partial charge in [-0.15, -0.1) is 0 Å². The molecule has 1 saturated heterocycles. The van der Waals surface area contributed by atoms with Crippen molar-refractivity contribution in [1.82, 2.24) is 4.98 Å². The molecule has 1 unspecified atom stereocenters. The van der Waals surface area contributed by atoms with Gasteiger partial charge in [0.15, 0.2) is 11.5 Å². The summed E-state index contributed by atoms with van der Waals surface area (Å²) in [5.41, 5.74) is 0.589. The molecule has 2 heterocycles. The smallest absolute Gasteiger partial charge is 0.416 e. The fourth-order valence-corrected chi connectivity index (χ4v) is 3.73. The van der Waals surface area contributed by atoms with Crippen LogP contribution in [0.1, 0.15) is 17.5 Å². The zero-order valence-corrected chi connectivity index (χ0v) is 18.7. The Morgan fingerprint density at radius 2 is 1.89 bits per heavy atom. The van der Waals surface area contributed by atoms with Gasteiger partial charge in [-0.25, -0.2) is 0 Å². The summed E-state index contributed by atoms with van der Waals surface area (Å²) in [6.07, 6.45) is -1.33. The monoisotopic (exact) mass is 485 g/mol. The molecule has 2 amide bonds. The first-order chi connectivity index (χ1) is 16.7. The molecular weight excluding hydrogens is 463 g/mol. The fraction of sp³-hybridized carbons (Fsp3) is 0.240. The quantitative estimate of drug-likeness (QED) is 0.526. The van der Waals surface area contributed by atoms with E-state index >= 15 is 0 Å². The summed E-state index contributed by atoms with van der Waals surface area (Å²) in [5, 5.41) is 2.76. The normalized spacial score (nSPS) is 15.7. The molecule has 182 valence electrons. The number of ether oxygens (including phenoxy) is 2. The third-order valence-corrected chi connectivity index (χ3v) is 5.56. The van der Waals surface area contributed by atoms with Gasteiger partial charge in [0.1, 0.15) is 6.61 Å². The predicted molar refractivity (Wildman–Crippen MR) is 122 cm³/mol. The molecule has 35 heavy (non-hydrogen) atoms. The lowest BCUT2D eigenvalue weighted by Gasteiger charge is -2.18. The van der Waals surface area contributed by atoms with Crippen LogP contribution >= 0.6 is 0 Å². The Kier molecular flexibility index (Phi) is 6.90. The van der Waals surface area contributed by atoms with Crippen molar-refractivity contribution in [1.29, 1.82) is 0 Å². The van der Waals surface area contributed by atoms with Crippen LogP contribution in [0.3, 0.4) is 0 Å². The second-order valence-electron chi connectivity index (χ2n) is 7.95. The Labute approximate surface area is 199 Å². The summed E-state index contributed by atoms with van der Waals surface area (Å²) >= 11 is 0. The van der Waals surface area contributed by atoms with Crippen LogP contribution in [0.5, 0.6) is 11.5 Å². The number of methoxy groups -OCH3 is 1. The number of nitrogens with zero attached hydrogens (tertiary/aromatic N) is 2. The van der Waals surface area contributed by atoms with Crippen LogP contribution in [0.4, 0.5) is 24.5 Å². The van der Waals surface area contributed by atoms with Gasteiger partial charge in [0.2, 0.25) is 11.8 Å². The van der Waals surface area contributed by atoms with E-state index < -0.39 is 29.5 Å². The van der Waals surface area contributed by atoms with E-state index in [1.165, 1.54) is 24.1 Å². The molecule has 0 radical (unpaired) electrons. The van der Waals surface area contributed by atoms with Crippen LogP contribution in [-0.4, -0.2) is 30.5 Å². The summed E-state index contributed by atoms with van der Waals surface area (Å²) in [5.74, 6) is -0.669. The van der Waals surface area contributed by atoms with Crippen LogP contribution in [0.2, 0.25) is 0 Å². The Morgan fingerprint density at radius 3 is 2.60 bits per heavy atom. The van der Waals surface area contributed by atoms with Crippen molar-refractivity contribution in [2.45, 2.75) is 19.2 Å². The average Bonchev–Trinajstić information content (AvgIpc) is 3.25. The van der Waals surface area contributed by atoms with Crippen molar-refractivity contribution in [3.63, 3.8) is 0 Å². The van der Waals surface area contributed by atoms with Crippen molar-refractivity contribution in [2.75, 3.05) is 23.9 Å². The number of hydrogen-bond donors (Lipinski definition) is 1. The van der Waals surface area contributed by atoms with E-state index in [-0.39, 0.29) is 25.3 Å². The fourth-order valence-electron chi connectivity index (χ4n) is 3.73. The van der Waals surface area contributed by atoms with Gasteiger partial charge in [-0.3, -0.25) is 14.6 Å². The Balaban J connectivity index is 1.44. The van der Waals surface area contributed by atoms with E-state index in [4.69, 9.17) is 9.47 Å². The van der Waals surface area contributed by atoms with E-state index in [1.54, 1.807) is 30.6 Å². The highest BCUT2D eigenvalue weighted by atomic mass is 19.4. The maximum Gasteiger partial charge on any atom is 0.416 e. The minimum atomic E-state index is -4.53. The Hall–Kier alpha value is -4.08. The number of carbonyl (C=O) groups is 2. The van der Waals surface area contributed by atoms with Crippen LogP contribution in [-0.2, 0) is 22.4 Å². The standard InChI is InChI=1S/C25H22F3N3O4/c1-34-21-6-5-19(13-22(21)35-15-16-7-9-29-10-8-16)30-24(33)17-11-23(32)31(14-17)20-4-2-3-18(12-20)25(26,27)28/h2-10,12-13,17H,11,14-15H2,1H3,(H,30,33). The first-order valence-corrected chi connectivity index (χ1v) is 10.7. The lowest BCUT2D eigenvalue weighted by molar-refractivity contribution is -0.137. The van der Waals surface area contributed by atoms with Crippen molar-refractivity contribution < 1.29 is 32.2 Å². The van der Waals surface area contributed by atoms with Gasteiger partial charge in [0.25, 0.3) is 0 Å². The summed E-state index contributed by atoms with van der Waals surface area (Å²) in [6.45, 7) is 0.243. The van der Waals surface area contributed by atoms with E-state index in [0.29, 0.717) is 17.2 Å². The lowest BCUT2D eigenvalue weighted by atomic mass is 10.1. The van der Waals surface area contributed by atoms with Crippen LogP contribution in [0, 0.1) is 5.92 Å². The molecule has 0 saturated carbocycles. The summed E-state index contributed by atoms with van der Waals surface area (Å²) < 4.78 is 50.3. The molecule has 0 bridgehead atoms. The highest BCUT2D eigenvalue weighted by molar-refractivity contribution is 6.03. The van der Waals surface area contributed by atoms with Gasteiger partial charge in [-0.05, 0) is 48.0 Å². The van der Waals surface area contributed by atoms with Crippen molar-refractivity contribution in [3.05, 3.63) is 78.1 Å². The van der Waals surface area contributed by atoms with Crippen molar-refractivity contribution in [3.8, 4) is 11.5 Å². The number of halogens is 3. The number of carbonyl (C=O) groups excluding carboxylic acids is 2. The molecule has 1 fully saturated rings. The minimum Gasteiger partial charge on any atom is -0.493 e. The zero-order valence-electron chi connectivity index (χ0n) is 18.7. The number of amides is 2. The third kappa shape index (κ3) is 5.71. The van der Waals surface area contributed by atoms with E-state index in [9.17, 15) is 22.8 Å². The average molecular weight is 485 g/mol. The lowest BCUT2D eigenvalue weighted by Crippen LogP contribution is -2.28. The number of hydrogen-bond acceptors (Lipinski definition) is 5. The molecule has 3 aromatic rings. The van der Waals surface area contributed by atoms with Gasteiger partial charge in [0.05, 0.1) is 18.6 Å². The molecule has 0 aliphatic carbocycles. The number of benzene rings is 2. The maximum absolute atomic E-state index is 13.0. The number of pyridine rings is 1. The zero-order chi connectivity index (χ0) is 25.0. The minimum absolute atomic E-state index is 0.0203. The molecule has 4 rings (SSSR count). The largest absolute Gasteiger partial charge is 0.493 e. The van der Waals surface area contributed by atoms with E-state index in [0.717, 1.165) is 17.7 Å². The summed E-state index contributed by atoms with van der Waals surface area (Å²) in [6, 6.07) is 13.0. The van der Waals surface area contributed by atoms with Gasteiger partial charge in [0, 0.05) is 42.8 Å². The number of rotatable bonds is 7. The SMILES string of the molecule is COc1ccc(NC(=O)C2CC(=O)N(c3cccc(C(F)(F)F)c3)C2)cc1OCc1ccncc1. The summed E-state index contributed by atoms with van der Waals surface area (Å²) in [7, 11) is 1.50.